The van der Waals surface area contributed by atoms with E-state index in [1.807, 2.05) is 6.07 Å². The quantitative estimate of drug-likeness (QED) is 0.359. The molecule has 1 aliphatic rings. The first kappa shape index (κ1) is 15.9. The number of esters is 1. The van der Waals surface area contributed by atoms with Gasteiger partial charge in [-0.15, -0.1) is 11.3 Å². The molecule has 25 heavy (non-hydrogen) atoms. The SMILES string of the molecule is O=C(Oc1ccccc1)c1cc2c(s1)C(=O)c1c(Br)cccc1C2=O. The first-order chi connectivity index (χ1) is 12.1. The van der Waals surface area contributed by atoms with Crippen LogP contribution in [0.4, 0.5) is 0 Å². The van der Waals surface area contributed by atoms with Crippen molar-refractivity contribution in [1.82, 2.24) is 0 Å². The third-order valence-corrected chi connectivity index (χ3v) is 5.60. The highest BCUT2D eigenvalue weighted by atomic mass is 79.9. The van der Waals surface area contributed by atoms with Gasteiger partial charge in [0.15, 0.2) is 5.78 Å². The second-order valence-electron chi connectivity index (χ2n) is 5.38. The number of benzene rings is 2. The molecule has 0 atom stereocenters. The Morgan fingerprint density at radius 3 is 2.44 bits per heavy atom. The van der Waals surface area contributed by atoms with Gasteiger partial charge in [-0.3, -0.25) is 9.59 Å². The number of ether oxygens (including phenoxy) is 1. The Bertz CT molecular complexity index is 1040. The van der Waals surface area contributed by atoms with E-state index in [0.717, 1.165) is 11.3 Å². The van der Waals surface area contributed by atoms with E-state index >= 15 is 0 Å². The fourth-order valence-electron chi connectivity index (χ4n) is 2.68. The summed E-state index contributed by atoms with van der Waals surface area (Å²) in [6.07, 6.45) is 0. The summed E-state index contributed by atoms with van der Waals surface area (Å²) in [6, 6.07) is 15.1. The zero-order valence-electron chi connectivity index (χ0n) is 12.6. The predicted octanol–water partition coefficient (Wildman–Crippen LogP) is 4.51. The van der Waals surface area contributed by atoms with Gasteiger partial charge in [0.2, 0.25) is 5.78 Å². The van der Waals surface area contributed by atoms with Crippen LogP contribution in [0.1, 0.15) is 40.8 Å². The molecule has 0 spiro atoms. The number of halogens is 1. The van der Waals surface area contributed by atoms with Crippen molar-refractivity contribution < 1.29 is 19.1 Å². The van der Waals surface area contributed by atoms with Gasteiger partial charge in [0.25, 0.3) is 0 Å². The molecule has 0 bridgehead atoms. The van der Waals surface area contributed by atoms with Gasteiger partial charge in [-0.1, -0.05) is 46.3 Å². The van der Waals surface area contributed by atoms with Gasteiger partial charge >= 0.3 is 5.97 Å². The molecule has 1 aliphatic carbocycles. The van der Waals surface area contributed by atoms with Crippen molar-refractivity contribution in [3.63, 3.8) is 0 Å². The van der Waals surface area contributed by atoms with Crippen LogP contribution < -0.4 is 4.74 Å². The van der Waals surface area contributed by atoms with Crippen LogP contribution in [0.2, 0.25) is 0 Å². The van der Waals surface area contributed by atoms with E-state index in [1.54, 1.807) is 42.5 Å². The summed E-state index contributed by atoms with van der Waals surface area (Å²) < 4.78 is 5.85. The van der Waals surface area contributed by atoms with Crippen molar-refractivity contribution >= 4 is 44.8 Å². The highest BCUT2D eigenvalue weighted by molar-refractivity contribution is 9.10. The van der Waals surface area contributed by atoms with E-state index < -0.39 is 5.97 Å². The predicted molar refractivity (Wildman–Crippen MR) is 96.7 cm³/mol. The monoisotopic (exact) mass is 412 g/mol. The molecular weight excluding hydrogens is 404 g/mol. The summed E-state index contributed by atoms with van der Waals surface area (Å²) in [4.78, 5) is 38.3. The Morgan fingerprint density at radius 1 is 0.920 bits per heavy atom. The molecule has 0 radical (unpaired) electrons. The fourth-order valence-corrected chi connectivity index (χ4v) is 4.20. The largest absolute Gasteiger partial charge is 0.422 e. The molecule has 4 rings (SSSR count). The van der Waals surface area contributed by atoms with Crippen molar-refractivity contribution in [2.75, 3.05) is 0 Å². The number of thiophene rings is 1. The van der Waals surface area contributed by atoms with Crippen LogP contribution in [-0.2, 0) is 0 Å². The molecule has 0 N–H and O–H groups in total. The van der Waals surface area contributed by atoms with Gasteiger partial charge in [0.05, 0.1) is 4.88 Å². The lowest BCUT2D eigenvalue weighted by Crippen LogP contribution is -2.19. The number of rotatable bonds is 2. The Labute approximate surface area is 155 Å². The molecule has 0 saturated carbocycles. The molecule has 0 aliphatic heterocycles. The van der Waals surface area contributed by atoms with Gasteiger partial charge < -0.3 is 4.74 Å². The topological polar surface area (TPSA) is 60.4 Å². The number of hydrogen-bond acceptors (Lipinski definition) is 5. The van der Waals surface area contributed by atoms with Crippen molar-refractivity contribution in [2.45, 2.75) is 0 Å². The maximum Gasteiger partial charge on any atom is 0.353 e. The molecular formula is C19H9BrO4S. The summed E-state index contributed by atoms with van der Waals surface area (Å²) in [6.45, 7) is 0. The molecule has 0 saturated heterocycles. The van der Waals surface area contributed by atoms with E-state index in [4.69, 9.17) is 4.74 Å². The van der Waals surface area contributed by atoms with E-state index in [2.05, 4.69) is 15.9 Å². The minimum Gasteiger partial charge on any atom is -0.422 e. The Hall–Kier alpha value is -2.57. The number of carbonyl (C=O) groups excluding carboxylic acids is 3. The highest BCUT2D eigenvalue weighted by Crippen LogP contribution is 2.36. The maximum atomic E-state index is 12.7. The van der Waals surface area contributed by atoms with Gasteiger partial charge in [-0.2, -0.15) is 0 Å². The van der Waals surface area contributed by atoms with E-state index in [-0.39, 0.29) is 26.9 Å². The third-order valence-electron chi connectivity index (χ3n) is 3.82. The summed E-state index contributed by atoms with van der Waals surface area (Å²) in [7, 11) is 0. The van der Waals surface area contributed by atoms with Crippen LogP contribution in [0.3, 0.4) is 0 Å². The molecule has 1 aromatic heterocycles. The smallest absolute Gasteiger partial charge is 0.353 e. The fraction of sp³-hybridized carbons (Fsp3) is 0. The maximum absolute atomic E-state index is 12.7. The first-order valence-electron chi connectivity index (χ1n) is 7.35. The van der Waals surface area contributed by atoms with Gasteiger partial charge in [-0.25, -0.2) is 4.79 Å². The zero-order chi connectivity index (χ0) is 17.6. The number of fused-ring (bicyclic) bond motifs is 2. The number of carbonyl (C=O) groups is 3. The van der Waals surface area contributed by atoms with E-state index in [9.17, 15) is 14.4 Å². The first-order valence-corrected chi connectivity index (χ1v) is 8.96. The van der Waals surface area contributed by atoms with Crippen LogP contribution in [0.5, 0.6) is 5.75 Å². The summed E-state index contributed by atoms with van der Waals surface area (Å²) >= 11 is 4.30. The lowest BCUT2D eigenvalue weighted by molar-refractivity contribution is 0.0739. The number of ketones is 2. The van der Waals surface area contributed by atoms with Crippen LogP contribution in [0.15, 0.2) is 59.1 Å². The molecule has 3 aromatic rings. The minimum atomic E-state index is -0.589. The van der Waals surface area contributed by atoms with E-state index in [0.29, 0.717) is 21.3 Å². The van der Waals surface area contributed by atoms with Crippen LogP contribution in [0.25, 0.3) is 0 Å². The second-order valence-corrected chi connectivity index (χ2v) is 7.28. The highest BCUT2D eigenvalue weighted by Gasteiger charge is 2.34. The molecule has 4 nitrogen and oxygen atoms in total. The molecule has 0 unspecified atom stereocenters. The average molecular weight is 413 g/mol. The average Bonchev–Trinajstić information content (AvgIpc) is 3.06. The molecule has 122 valence electrons. The lowest BCUT2D eigenvalue weighted by atomic mass is 9.89. The zero-order valence-corrected chi connectivity index (χ0v) is 15.0. The normalized spacial score (nSPS) is 12.5. The Balaban J connectivity index is 1.73. The molecule has 1 heterocycles. The number of para-hydroxylation sites is 1. The van der Waals surface area contributed by atoms with Crippen molar-refractivity contribution in [1.29, 1.82) is 0 Å². The molecule has 2 aromatic carbocycles. The summed E-state index contributed by atoms with van der Waals surface area (Å²) in [5.41, 5.74) is 0.929. The van der Waals surface area contributed by atoms with Gasteiger partial charge in [-0.05, 0) is 24.3 Å². The molecule has 0 amide bonds. The minimum absolute atomic E-state index is 0.222. The van der Waals surface area contributed by atoms with Gasteiger partial charge in [0, 0.05) is 21.2 Å². The second kappa shape index (κ2) is 6.06. The Morgan fingerprint density at radius 2 is 1.68 bits per heavy atom. The third kappa shape index (κ3) is 2.63. The molecule has 6 heteroatoms. The van der Waals surface area contributed by atoms with Gasteiger partial charge in [0.1, 0.15) is 10.6 Å². The Kier molecular flexibility index (Phi) is 3.86. The van der Waals surface area contributed by atoms with Crippen molar-refractivity contribution in [3.8, 4) is 5.75 Å². The van der Waals surface area contributed by atoms with Crippen LogP contribution >= 0.6 is 27.3 Å². The molecule has 0 fully saturated rings. The van der Waals surface area contributed by atoms with Crippen molar-refractivity contribution in [2.24, 2.45) is 0 Å². The van der Waals surface area contributed by atoms with Crippen LogP contribution in [0, 0.1) is 0 Å². The van der Waals surface area contributed by atoms with Crippen molar-refractivity contribution in [3.05, 3.63) is 85.5 Å². The summed E-state index contributed by atoms with van der Waals surface area (Å²) in [5.74, 6) is -0.710. The standard InChI is InChI=1S/C19H9BrO4S/c20-13-8-4-7-11-15(13)17(22)18-12(16(11)21)9-14(25-18)19(23)24-10-5-2-1-3-6-10/h1-9H. The summed E-state index contributed by atoms with van der Waals surface area (Å²) in [5, 5.41) is 0. The lowest BCUT2D eigenvalue weighted by Gasteiger charge is -2.14. The van der Waals surface area contributed by atoms with E-state index in [1.165, 1.54) is 6.07 Å². The number of hydrogen-bond donors (Lipinski definition) is 0. The van der Waals surface area contributed by atoms with Crippen LogP contribution in [-0.4, -0.2) is 17.5 Å².